The normalized spacial score (nSPS) is 15.5. The van der Waals surface area contributed by atoms with Crippen molar-refractivity contribution in [1.29, 1.82) is 0 Å². The summed E-state index contributed by atoms with van der Waals surface area (Å²) in [6.45, 7) is 0.578. The smallest absolute Gasteiger partial charge is 0.254 e. The number of carbonyl (C=O) groups excluding carboxylic acids is 1. The summed E-state index contributed by atoms with van der Waals surface area (Å²) in [5.74, 6) is 0.304. The number of nitrogens with one attached hydrogen (secondary N) is 1. The maximum absolute atomic E-state index is 12.9. The van der Waals surface area contributed by atoms with Gasteiger partial charge >= 0.3 is 0 Å². The third-order valence-corrected chi connectivity index (χ3v) is 5.23. The molecule has 30 heavy (non-hydrogen) atoms. The van der Waals surface area contributed by atoms with Crippen LogP contribution < -0.4 is 10.9 Å². The standard InChI is InChI=1S/C22H18N6O2/c29-20-11-19(17-7-8-23-13-25-17)26-21-18(6-3-9-28(20)21)27-22(30)15-10-14-4-1-2-5-16(14)24-12-15/h1-2,4-5,7-8,10-13,18H,3,6,9H2,(H,27,30). The highest BCUT2D eigenvalue weighted by Gasteiger charge is 2.26. The molecular formula is C22H18N6O2. The largest absolute Gasteiger partial charge is 0.342 e. The Labute approximate surface area is 171 Å². The second kappa shape index (κ2) is 7.47. The van der Waals surface area contributed by atoms with Gasteiger partial charge in [0, 0.05) is 30.4 Å². The average Bonchev–Trinajstić information content (AvgIpc) is 2.79. The molecule has 3 aromatic heterocycles. The van der Waals surface area contributed by atoms with Crippen molar-refractivity contribution in [3.8, 4) is 11.4 Å². The van der Waals surface area contributed by atoms with Gasteiger partial charge in [-0.15, -0.1) is 0 Å². The molecule has 8 nitrogen and oxygen atoms in total. The van der Waals surface area contributed by atoms with E-state index >= 15 is 0 Å². The summed E-state index contributed by atoms with van der Waals surface area (Å²) in [7, 11) is 0. The number of benzene rings is 1. The maximum Gasteiger partial charge on any atom is 0.254 e. The second-order valence-corrected chi connectivity index (χ2v) is 7.17. The lowest BCUT2D eigenvalue weighted by atomic mass is 10.0. The zero-order chi connectivity index (χ0) is 20.5. The van der Waals surface area contributed by atoms with Gasteiger partial charge in [-0.2, -0.15) is 0 Å². The molecule has 1 aliphatic heterocycles. The number of hydrogen-bond acceptors (Lipinski definition) is 6. The second-order valence-electron chi connectivity index (χ2n) is 7.17. The van der Waals surface area contributed by atoms with Crippen LogP contribution in [0.4, 0.5) is 0 Å². The van der Waals surface area contributed by atoms with Crippen LogP contribution >= 0.6 is 0 Å². The van der Waals surface area contributed by atoms with Crippen LogP contribution in [0.5, 0.6) is 0 Å². The monoisotopic (exact) mass is 398 g/mol. The van der Waals surface area contributed by atoms with Crippen LogP contribution in [0.25, 0.3) is 22.3 Å². The molecule has 5 rings (SSSR count). The van der Waals surface area contributed by atoms with Gasteiger partial charge in [-0.1, -0.05) is 18.2 Å². The molecule has 0 fully saturated rings. The van der Waals surface area contributed by atoms with E-state index in [2.05, 4.69) is 25.3 Å². The van der Waals surface area contributed by atoms with Crippen molar-refractivity contribution in [2.75, 3.05) is 0 Å². The van der Waals surface area contributed by atoms with Gasteiger partial charge in [-0.05, 0) is 31.0 Å². The zero-order valence-corrected chi connectivity index (χ0v) is 16.0. The molecule has 1 N–H and O–H groups in total. The Bertz CT molecular complexity index is 1300. The van der Waals surface area contributed by atoms with Crippen LogP contribution in [0, 0.1) is 0 Å². The minimum atomic E-state index is -0.368. The fraction of sp³-hybridized carbons (Fsp3) is 0.182. The Morgan fingerprint density at radius 1 is 1.10 bits per heavy atom. The molecule has 0 saturated carbocycles. The summed E-state index contributed by atoms with van der Waals surface area (Å²) in [5, 5.41) is 3.93. The van der Waals surface area contributed by atoms with Gasteiger partial charge in [-0.3, -0.25) is 19.1 Å². The third kappa shape index (κ3) is 3.32. The minimum Gasteiger partial charge on any atom is -0.342 e. The molecule has 1 aromatic carbocycles. The van der Waals surface area contributed by atoms with Crippen LogP contribution in [-0.4, -0.2) is 30.4 Å². The van der Waals surface area contributed by atoms with E-state index < -0.39 is 0 Å². The third-order valence-electron chi connectivity index (χ3n) is 5.23. The van der Waals surface area contributed by atoms with Gasteiger partial charge in [0.15, 0.2) is 0 Å². The molecule has 4 heterocycles. The van der Waals surface area contributed by atoms with Crippen LogP contribution in [0.3, 0.4) is 0 Å². The first-order chi connectivity index (χ1) is 14.7. The van der Waals surface area contributed by atoms with Crippen molar-refractivity contribution in [3.63, 3.8) is 0 Å². The van der Waals surface area contributed by atoms with E-state index in [0.29, 0.717) is 35.7 Å². The van der Waals surface area contributed by atoms with Crippen LogP contribution in [0.2, 0.25) is 0 Å². The summed E-state index contributed by atoms with van der Waals surface area (Å²) in [6, 6.07) is 12.3. The van der Waals surface area contributed by atoms with Gasteiger partial charge in [0.1, 0.15) is 12.2 Å². The fourth-order valence-corrected chi connectivity index (χ4v) is 3.74. The predicted octanol–water partition coefficient (Wildman–Crippen LogP) is 2.51. The summed E-state index contributed by atoms with van der Waals surface area (Å²) in [5.41, 5.74) is 2.20. The van der Waals surface area contributed by atoms with E-state index in [4.69, 9.17) is 0 Å². The lowest BCUT2D eigenvalue weighted by Crippen LogP contribution is -2.38. The van der Waals surface area contributed by atoms with Crippen molar-refractivity contribution in [3.05, 3.63) is 82.9 Å². The summed E-state index contributed by atoms with van der Waals surface area (Å²) >= 11 is 0. The van der Waals surface area contributed by atoms with Gasteiger partial charge < -0.3 is 5.32 Å². The molecule has 148 valence electrons. The molecule has 1 amide bonds. The molecular weight excluding hydrogens is 380 g/mol. The van der Waals surface area contributed by atoms with Crippen molar-refractivity contribution < 1.29 is 4.79 Å². The zero-order valence-electron chi connectivity index (χ0n) is 16.0. The van der Waals surface area contributed by atoms with Crippen LogP contribution in [-0.2, 0) is 6.54 Å². The quantitative estimate of drug-likeness (QED) is 0.569. The predicted molar refractivity (Wildman–Crippen MR) is 111 cm³/mol. The van der Waals surface area contributed by atoms with E-state index in [1.165, 1.54) is 12.4 Å². The molecule has 8 heteroatoms. The Hall–Kier alpha value is -3.94. The molecule has 4 aromatic rings. The summed E-state index contributed by atoms with van der Waals surface area (Å²) in [4.78, 5) is 42.7. The van der Waals surface area contributed by atoms with Gasteiger partial charge in [0.05, 0.1) is 28.5 Å². The number of carbonyl (C=O) groups is 1. The van der Waals surface area contributed by atoms with E-state index in [1.54, 1.807) is 23.0 Å². The first kappa shape index (κ1) is 18.1. The number of fused-ring (bicyclic) bond motifs is 2. The van der Waals surface area contributed by atoms with Crippen molar-refractivity contribution in [2.45, 2.75) is 25.4 Å². The topological polar surface area (TPSA) is 103 Å². The van der Waals surface area contributed by atoms with Crippen LogP contribution in [0.15, 0.2) is 66.0 Å². The maximum atomic E-state index is 12.9. The molecule has 1 aliphatic rings. The molecule has 0 radical (unpaired) electrons. The molecule has 0 bridgehead atoms. The van der Waals surface area contributed by atoms with Crippen molar-refractivity contribution >= 4 is 16.8 Å². The Balaban J connectivity index is 1.48. The van der Waals surface area contributed by atoms with Crippen molar-refractivity contribution in [1.82, 2.24) is 29.8 Å². The number of amides is 1. The highest BCUT2D eigenvalue weighted by atomic mass is 16.2. The Morgan fingerprint density at radius 3 is 2.87 bits per heavy atom. The van der Waals surface area contributed by atoms with E-state index in [1.807, 2.05) is 30.3 Å². The number of para-hydroxylation sites is 1. The molecule has 1 unspecified atom stereocenters. The number of nitrogens with zero attached hydrogens (tertiary/aromatic N) is 5. The fourth-order valence-electron chi connectivity index (χ4n) is 3.74. The molecule has 0 saturated heterocycles. The number of aromatic nitrogens is 5. The Morgan fingerprint density at radius 2 is 2.00 bits per heavy atom. The van der Waals surface area contributed by atoms with E-state index in [-0.39, 0.29) is 17.5 Å². The average molecular weight is 398 g/mol. The van der Waals surface area contributed by atoms with Gasteiger partial charge in [0.2, 0.25) is 0 Å². The van der Waals surface area contributed by atoms with Gasteiger partial charge in [0.25, 0.3) is 11.5 Å². The summed E-state index contributed by atoms with van der Waals surface area (Å²) < 4.78 is 1.62. The highest BCUT2D eigenvalue weighted by molar-refractivity contribution is 5.97. The Kier molecular flexibility index (Phi) is 4.51. The SMILES string of the molecule is O=C(NC1CCCn2c1nc(-c1ccncn1)cc2=O)c1cnc2ccccc2c1. The highest BCUT2D eigenvalue weighted by Crippen LogP contribution is 2.24. The van der Waals surface area contributed by atoms with E-state index in [0.717, 1.165) is 17.3 Å². The first-order valence-corrected chi connectivity index (χ1v) is 9.73. The number of pyridine rings is 1. The van der Waals surface area contributed by atoms with Crippen LogP contribution in [0.1, 0.15) is 35.1 Å². The minimum absolute atomic E-state index is 0.153. The van der Waals surface area contributed by atoms with Gasteiger partial charge in [-0.25, -0.2) is 15.0 Å². The molecule has 0 aliphatic carbocycles. The first-order valence-electron chi connectivity index (χ1n) is 9.73. The lowest BCUT2D eigenvalue weighted by molar-refractivity contribution is 0.0927. The van der Waals surface area contributed by atoms with Crippen molar-refractivity contribution in [2.24, 2.45) is 0 Å². The number of hydrogen-bond donors (Lipinski definition) is 1. The molecule has 0 spiro atoms. The number of rotatable bonds is 3. The molecule has 1 atom stereocenters. The van der Waals surface area contributed by atoms with E-state index in [9.17, 15) is 9.59 Å². The summed E-state index contributed by atoms with van der Waals surface area (Å²) in [6.07, 6.45) is 6.07. The lowest BCUT2D eigenvalue weighted by Gasteiger charge is -2.26.